The zero-order valence-electron chi connectivity index (χ0n) is 15.6. The molecule has 156 valence electrons. The summed E-state index contributed by atoms with van der Waals surface area (Å²) in [5.41, 5.74) is 0.363. The number of ether oxygens (including phenoxy) is 2. The molecule has 1 fully saturated rings. The maximum Gasteiger partial charge on any atom is 0.339 e. The van der Waals surface area contributed by atoms with Gasteiger partial charge in [0.15, 0.2) is 5.75 Å². The molecule has 1 saturated heterocycles. The van der Waals surface area contributed by atoms with E-state index in [2.05, 4.69) is 4.98 Å². The lowest BCUT2D eigenvalue weighted by Crippen LogP contribution is -2.40. The van der Waals surface area contributed by atoms with Crippen molar-refractivity contribution in [2.75, 3.05) is 26.3 Å². The van der Waals surface area contributed by atoms with Crippen molar-refractivity contribution in [2.24, 2.45) is 0 Å². The molecule has 30 heavy (non-hydrogen) atoms. The first-order valence-corrected chi connectivity index (χ1v) is 10.9. The Kier molecular flexibility index (Phi) is 5.61. The zero-order valence-corrected chi connectivity index (χ0v) is 17.2. The summed E-state index contributed by atoms with van der Waals surface area (Å²) < 4.78 is 39.2. The van der Waals surface area contributed by atoms with Crippen LogP contribution in [0.4, 0.5) is 0 Å². The predicted octanol–water partition coefficient (Wildman–Crippen LogP) is 3.40. The summed E-state index contributed by atoms with van der Waals surface area (Å²) in [6.07, 6.45) is 1.22. The van der Waals surface area contributed by atoms with Gasteiger partial charge in [-0.15, -0.1) is 0 Å². The molecule has 8 nitrogen and oxygen atoms in total. The van der Waals surface area contributed by atoms with Crippen molar-refractivity contribution in [3.05, 3.63) is 59.2 Å². The number of carbonyl (C=O) groups is 1. The zero-order chi connectivity index (χ0) is 21.3. The number of morpholine rings is 1. The maximum absolute atomic E-state index is 13.3. The van der Waals surface area contributed by atoms with Gasteiger partial charge in [0.2, 0.25) is 10.0 Å². The number of hydrogen-bond donors (Lipinski definition) is 1. The average molecular weight is 449 g/mol. The third-order valence-electron chi connectivity index (χ3n) is 4.67. The highest BCUT2D eigenvalue weighted by atomic mass is 35.5. The van der Waals surface area contributed by atoms with Crippen LogP contribution in [0.3, 0.4) is 0 Å². The maximum atomic E-state index is 13.3. The monoisotopic (exact) mass is 448 g/mol. The lowest BCUT2D eigenvalue weighted by molar-refractivity contribution is 0.0694. The smallest absolute Gasteiger partial charge is 0.339 e. The van der Waals surface area contributed by atoms with Gasteiger partial charge in [-0.1, -0.05) is 23.7 Å². The molecule has 4 rings (SSSR count). The van der Waals surface area contributed by atoms with Crippen LogP contribution in [0, 0.1) is 0 Å². The number of pyridine rings is 1. The molecule has 0 saturated carbocycles. The van der Waals surface area contributed by atoms with Crippen LogP contribution >= 0.6 is 11.6 Å². The SMILES string of the molecule is O=C(O)c1ccccc1Oc1c(S(=O)(=O)N2CCOCC2)cnc2ccc(Cl)cc12. The topological polar surface area (TPSA) is 106 Å². The number of aromatic carboxylic acids is 1. The standard InChI is InChI=1S/C20H17ClN2O6S/c21-13-5-6-16-15(11-13)19(29-17-4-2-1-3-14(17)20(24)25)18(12-22-16)30(26,27)23-7-9-28-10-8-23/h1-6,11-12H,7-10H2,(H,24,25). The van der Waals surface area contributed by atoms with Crippen molar-refractivity contribution in [1.82, 2.24) is 9.29 Å². The largest absolute Gasteiger partial charge is 0.478 e. The van der Waals surface area contributed by atoms with Crippen LogP contribution in [0.5, 0.6) is 11.5 Å². The van der Waals surface area contributed by atoms with E-state index in [9.17, 15) is 18.3 Å². The van der Waals surface area contributed by atoms with Crippen molar-refractivity contribution in [2.45, 2.75) is 4.90 Å². The van der Waals surface area contributed by atoms with E-state index < -0.39 is 16.0 Å². The van der Waals surface area contributed by atoms with E-state index in [1.165, 1.54) is 22.6 Å². The van der Waals surface area contributed by atoms with Gasteiger partial charge in [-0.05, 0) is 30.3 Å². The van der Waals surface area contributed by atoms with E-state index in [0.29, 0.717) is 15.9 Å². The van der Waals surface area contributed by atoms with Crippen LogP contribution in [0.15, 0.2) is 53.6 Å². The minimum atomic E-state index is -3.97. The fourth-order valence-corrected chi connectivity index (χ4v) is 4.83. The number of carboxylic acids is 1. The van der Waals surface area contributed by atoms with Gasteiger partial charge >= 0.3 is 5.97 Å². The highest BCUT2D eigenvalue weighted by Crippen LogP contribution is 2.38. The molecule has 0 atom stereocenters. The first-order valence-electron chi connectivity index (χ1n) is 9.04. The second kappa shape index (κ2) is 8.19. The molecule has 2 heterocycles. The van der Waals surface area contributed by atoms with E-state index in [-0.39, 0.29) is 48.3 Å². The number of carboxylic acid groups (broad SMARTS) is 1. The van der Waals surface area contributed by atoms with Gasteiger partial charge in [0, 0.05) is 23.5 Å². The number of benzene rings is 2. The molecule has 1 aliphatic rings. The first-order chi connectivity index (χ1) is 14.4. The Morgan fingerprint density at radius 3 is 2.63 bits per heavy atom. The van der Waals surface area contributed by atoms with Gasteiger partial charge < -0.3 is 14.6 Å². The molecule has 1 aliphatic heterocycles. The summed E-state index contributed by atoms with van der Waals surface area (Å²) in [6.45, 7) is 0.955. The van der Waals surface area contributed by atoms with Crippen molar-refractivity contribution in [3.63, 3.8) is 0 Å². The second-order valence-electron chi connectivity index (χ2n) is 6.53. The number of fused-ring (bicyclic) bond motifs is 1. The third-order valence-corrected chi connectivity index (χ3v) is 6.79. The number of hydrogen-bond acceptors (Lipinski definition) is 6. The molecule has 2 aromatic carbocycles. The van der Waals surface area contributed by atoms with Crippen molar-refractivity contribution < 1.29 is 27.8 Å². The molecule has 0 spiro atoms. The highest BCUT2D eigenvalue weighted by molar-refractivity contribution is 7.89. The normalized spacial score (nSPS) is 15.2. The van der Waals surface area contributed by atoms with Gasteiger partial charge in [0.05, 0.1) is 24.9 Å². The van der Waals surface area contributed by atoms with Gasteiger partial charge in [0.1, 0.15) is 16.2 Å². The number of aromatic nitrogens is 1. The third kappa shape index (κ3) is 3.84. The molecule has 0 unspecified atom stereocenters. The fourth-order valence-electron chi connectivity index (χ4n) is 3.18. The molecule has 1 aromatic heterocycles. The van der Waals surface area contributed by atoms with Gasteiger partial charge in [0.25, 0.3) is 0 Å². The number of para-hydroxylation sites is 1. The molecular formula is C20H17ClN2O6S. The van der Waals surface area contributed by atoms with Gasteiger partial charge in [-0.25, -0.2) is 13.2 Å². The second-order valence-corrected chi connectivity index (χ2v) is 8.88. The predicted molar refractivity (Wildman–Crippen MR) is 110 cm³/mol. The summed E-state index contributed by atoms with van der Waals surface area (Å²) in [6, 6.07) is 10.8. The number of sulfonamides is 1. The quantitative estimate of drug-likeness (QED) is 0.637. The highest BCUT2D eigenvalue weighted by Gasteiger charge is 2.31. The molecule has 3 aromatic rings. The molecule has 10 heteroatoms. The minimum Gasteiger partial charge on any atom is -0.478 e. The lowest BCUT2D eigenvalue weighted by Gasteiger charge is -2.27. The van der Waals surface area contributed by atoms with E-state index >= 15 is 0 Å². The molecule has 0 amide bonds. The van der Waals surface area contributed by atoms with E-state index in [1.807, 2.05) is 0 Å². The van der Waals surface area contributed by atoms with Gasteiger partial charge in [-0.2, -0.15) is 4.31 Å². The molecule has 1 N–H and O–H groups in total. The summed E-state index contributed by atoms with van der Waals surface area (Å²) in [5.74, 6) is -1.21. The Hall–Kier alpha value is -2.72. The van der Waals surface area contributed by atoms with Crippen LogP contribution in [-0.4, -0.2) is 55.1 Å². The van der Waals surface area contributed by atoms with Crippen molar-refractivity contribution in [3.8, 4) is 11.5 Å². The minimum absolute atomic E-state index is 0.0101. The summed E-state index contributed by atoms with van der Waals surface area (Å²) >= 11 is 6.14. The number of halogens is 1. The Balaban J connectivity index is 1.93. The van der Waals surface area contributed by atoms with E-state index in [4.69, 9.17) is 21.1 Å². The Bertz CT molecular complexity index is 1230. The van der Waals surface area contributed by atoms with Crippen LogP contribution in [0.25, 0.3) is 10.9 Å². The van der Waals surface area contributed by atoms with Crippen molar-refractivity contribution in [1.29, 1.82) is 0 Å². The van der Waals surface area contributed by atoms with Crippen LogP contribution in [-0.2, 0) is 14.8 Å². The fraction of sp³-hybridized carbons (Fsp3) is 0.200. The molecular weight excluding hydrogens is 432 g/mol. The first kappa shape index (κ1) is 20.5. The van der Waals surface area contributed by atoms with E-state index in [1.54, 1.807) is 30.3 Å². The van der Waals surface area contributed by atoms with Crippen LogP contribution in [0.2, 0.25) is 5.02 Å². The Labute approximate surface area is 177 Å². The average Bonchev–Trinajstić information content (AvgIpc) is 2.75. The molecule has 0 radical (unpaired) electrons. The van der Waals surface area contributed by atoms with Crippen LogP contribution in [0.1, 0.15) is 10.4 Å². The number of nitrogens with zero attached hydrogens (tertiary/aromatic N) is 2. The Morgan fingerprint density at radius 1 is 1.17 bits per heavy atom. The van der Waals surface area contributed by atoms with Crippen molar-refractivity contribution >= 4 is 38.5 Å². The number of rotatable bonds is 5. The summed E-state index contributed by atoms with van der Waals surface area (Å²) in [7, 11) is -3.97. The lowest BCUT2D eigenvalue weighted by atomic mass is 10.2. The Morgan fingerprint density at radius 2 is 1.90 bits per heavy atom. The summed E-state index contributed by atoms with van der Waals surface area (Å²) in [4.78, 5) is 15.7. The van der Waals surface area contributed by atoms with Gasteiger partial charge in [-0.3, -0.25) is 4.98 Å². The molecule has 0 aliphatic carbocycles. The van der Waals surface area contributed by atoms with Crippen LogP contribution < -0.4 is 4.74 Å². The summed E-state index contributed by atoms with van der Waals surface area (Å²) in [5, 5.41) is 10.2. The van der Waals surface area contributed by atoms with E-state index in [0.717, 1.165) is 0 Å². The molecule has 0 bridgehead atoms.